The Bertz CT molecular complexity index is 929. The van der Waals surface area contributed by atoms with E-state index in [1.165, 1.54) is 11.3 Å². The molecule has 0 aliphatic rings. The molecule has 0 radical (unpaired) electrons. The van der Waals surface area contributed by atoms with E-state index >= 15 is 0 Å². The molecule has 0 atom stereocenters. The molecule has 1 N–H and O–H groups in total. The minimum absolute atomic E-state index is 0.0456. The van der Waals surface area contributed by atoms with Gasteiger partial charge in [-0.1, -0.05) is 0 Å². The number of aromatic amines is 1. The first-order valence-electron chi connectivity index (χ1n) is 6.49. The first kappa shape index (κ1) is 14.6. The van der Waals surface area contributed by atoms with E-state index in [2.05, 4.69) is 9.97 Å². The van der Waals surface area contributed by atoms with Crippen molar-refractivity contribution in [2.45, 2.75) is 33.2 Å². The summed E-state index contributed by atoms with van der Waals surface area (Å²) >= 11 is 8.54. The Hall–Kier alpha value is -1.31. The van der Waals surface area contributed by atoms with Crippen LogP contribution in [0.3, 0.4) is 0 Å². The summed E-state index contributed by atoms with van der Waals surface area (Å²) in [6.07, 6.45) is 1.75. The first-order chi connectivity index (χ1) is 9.84. The highest BCUT2D eigenvalue weighted by molar-refractivity contribution is 7.71. The minimum Gasteiger partial charge on any atom is -0.323 e. The number of nitrogens with one attached hydrogen (secondary N) is 1. The van der Waals surface area contributed by atoms with Crippen molar-refractivity contribution in [3.63, 3.8) is 0 Å². The van der Waals surface area contributed by atoms with Crippen LogP contribution in [0.2, 0.25) is 0 Å². The van der Waals surface area contributed by atoms with Crippen molar-refractivity contribution in [3.8, 4) is 0 Å². The van der Waals surface area contributed by atoms with Gasteiger partial charge in [-0.2, -0.15) is 0 Å². The molecule has 0 aliphatic heterocycles. The van der Waals surface area contributed by atoms with E-state index in [9.17, 15) is 4.79 Å². The molecule has 3 rings (SSSR count). The smallest absolute Gasteiger partial charge is 0.264 e. The summed E-state index contributed by atoms with van der Waals surface area (Å²) in [5.74, 6) is 0. The Kier molecular flexibility index (Phi) is 3.38. The molecule has 0 aromatic carbocycles. The number of hydrogen-bond donors (Lipinski definition) is 1. The number of rotatable bonds is 2. The van der Waals surface area contributed by atoms with Crippen LogP contribution in [0.25, 0.3) is 10.2 Å². The van der Waals surface area contributed by atoms with E-state index in [1.54, 1.807) is 22.1 Å². The van der Waals surface area contributed by atoms with Gasteiger partial charge < -0.3 is 4.98 Å². The number of aryl methyl sites for hydroxylation is 2. The fourth-order valence-corrected chi connectivity index (χ4v) is 4.74. The molecule has 3 aromatic rings. The fourth-order valence-electron chi connectivity index (χ4n) is 2.46. The maximum atomic E-state index is 13.0. The zero-order chi connectivity index (χ0) is 15.4. The van der Waals surface area contributed by atoms with Gasteiger partial charge in [-0.25, -0.2) is 4.98 Å². The molecule has 21 heavy (non-hydrogen) atoms. The average molecular weight is 337 g/mol. The van der Waals surface area contributed by atoms with Gasteiger partial charge in [0.05, 0.1) is 10.9 Å². The molecule has 0 unspecified atom stereocenters. The Morgan fingerprint density at radius 2 is 2.10 bits per heavy atom. The van der Waals surface area contributed by atoms with Crippen LogP contribution in [-0.2, 0) is 5.54 Å². The molecule has 0 saturated heterocycles. The molecule has 110 valence electrons. The van der Waals surface area contributed by atoms with Gasteiger partial charge in [0.15, 0.2) is 4.77 Å². The molecule has 3 heterocycles. The van der Waals surface area contributed by atoms with Crippen molar-refractivity contribution in [1.29, 1.82) is 0 Å². The fraction of sp³-hybridized carbons (Fsp3) is 0.357. The number of H-pyrrole nitrogens is 1. The van der Waals surface area contributed by atoms with Crippen LogP contribution in [0, 0.1) is 18.6 Å². The molecular weight excluding hydrogens is 322 g/mol. The lowest BCUT2D eigenvalue weighted by Crippen LogP contribution is -2.38. The highest BCUT2D eigenvalue weighted by atomic mass is 32.1. The lowest BCUT2D eigenvalue weighted by Gasteiger charge is -2.25. The van der Waals surface area contributed by atoms with Crippen LogP contribution < -0.4 is 5.56 Å². The van der Waals surface area contributed by atoms with Crippen molar-refractivity contribution >= 4 is 45.1 Å². The summed E-state index contributed by atoms with van der Waals surface area (Å²) in [6, 6.07) is 0. The predicted molar refractivity (Wildman–Crippen MR) is 91.3 cm³/mol. The zero-order valence-electron chi connectivity index (χ0n) is 12.2. The number of thiophene rings is 1. The lowest BCUT2D eigenvalue weighted by atomic mass is 10.1. The van der Waals surface area contributed by atoms with Gasteiger partial charge in [0.1, 0.15) is 9.84 Å². The monoisotopic (exact) mass is 337 g/mol. The van der Waals surface area contributed by atoms with E-state index < -0.39 is 5.54 Å². The topological polar surface area (TPSA) is 50.7 Å². The van der Waals surface area contributed by atoms with Crippen LogP contribution in [0.4, 0.5) is 0 Å². The second-order valence-corrected chi connectivity index (χ2v) is 7.96. The summed E-state index contributed by atoms with van der Waals surface area (Å²) in [7, 11) is 0. The van der Waals surface area contributed by atoms with Gasteiger partial charge in [0, 0.05) is 16.5 Å². The van der Waals surface area contributed by atoms with Crippen molar-refractivity contribution in [1.82, 2.24) is 14.5 Å². The van der Waals surface area contributed by atoms with E-state index in [-0.39, 0.29) is 5.56 Å². The van der Waals surface area contributed by atoms with E-state index in [4.69, 9.17) is 12.2 Å². The summed E-state index contributed by atoms with van der Waals surface area (Å²) in [5, 5.41) is 3.51. The predicted octanol–water partition coefficient (Wildman–Crippen LogP) is 3.98. The van der Waals surface area contributed by atoms with E-state index in [1.807, 2.05) is 33.1 Å². The van der Waals surface area contributed by atoms with Crippen LogP contribution in [0.5, 0.6) is 0 Å². The quantitative estimate of drug-likeness (QED) is 0.720. The maximum Gasteiger partial charge on any atom is 0.264 e. The zero-order valence-corrected chi connectivity index (χ0v) is 14.6. The van der Waals surface area contributed by atoms with Crippen LogP contribution in [0.15, 0.2) is 16.4 Å². The molecule has 0 spiro atoms. The summed E-state index contributed by atoms with van der Waals surface area (Å²) < 4.78 is 2.08. The summed E-state index contributed by atoms with van der Waals surface area (Å²) in [4.78, 5) is 22.5. The van der Waals surface area contributed by atoms with Crippen molar-refractivity contribution < 1.29 is 0 Å². The number of nitrogens with zero attached hydrogens (tertiary/aromatic N) is 2. The third-order valence-electron chi connectivity index (χ3n) is 3.74. The molecule has 0 amide bonds. The summed E-state index contributed by atoms with van der Waals surface area (Å²) in [6.45, 7) is 7.94. The second-order valence-electron chi connectivity index (χ2n) is 5.45. The van der Waals surface area contributed by atoms with Crippen molar-refractivity contribution in [2.24, 2.45) is 0 Å². The number of fused-ring (bicyclic) bond motifs is 1. The van der Waals surface area contributed by atoms with E-state index in [0.717, 1.165) is 25.7 Å². The molecular formula is C14H15N3OS3. The second kappa shape index (κ2) is 4.86. The Morgan fingerprint density at radius 1 is 1.38 bits per heavy atom. The SMILES string of the molecule is Cc1sc2[nH]c(=S)n(C(C)(C)c3nccs3)c(=O)c2c1C. The van der Waals surface area contributed by atoms with Crippen LogP contribution in [0.1, 0.15) is 29.3 Å². The summed E-state index contributed by atoms with van der Waals surface area (Å²) in [5.41, 5.74) is 0.403. The third kappa shape index (κ3) is 2.11. The van der Waals surface area contributed by atoms with Crippen molar-refractivity contribution in [3.05, 3.63) is 42.1 Å². The minimum atomic E-state index is -0.574. The normalized spacial score (nSPS) is 12.2. The number of hydrogen-bond acceptors (Lipinski definition) is 5. The number of thiazole rings is 1. The van der Waals surface area contributed by atoms with Gasteiger partial charge in [0.2, 0.25) is 0 Å². The maximum absolute atomic E-state index is 13.0. The largest absolute Gasteiger partial charge is 0.323 e. The first-order valence-corrected chi connectivity index (χ1v) is 8.60. The molecule has 7 heteroatoms. The molecule has 0 saturated carbocycles. The van der Waals surface area contributed by atoms with Gasteiger partial charge in [-0.05, 0) is 45.5 Å². The van der Waals surface area contributed by atoms with Gasteiger partial charge in [-0.3, -0.25) is 9.36 Å². The van der Waals surface area contributed by atoms with E-state index in [0.29, 0.717) is 4.77 Å². The van der Waals surface area contributed by atoms with Gasteiger partial charge in [-0.15, -0.1) is 22.7 Å². The number of aromatic nitrogens is 3. The molecule has 0 bridgehead atoms. The lowest BCUT2D eigenvalue weighted by molar-refractivity contribution is 0.412. The molecule has 0 aliphatic carbocycles. The average Bonchev–Trinajstić information content (AvgIpc) is 2.99. The Balaban J connectivity index is 2.41. The van der Waals surface area contributed by atoms with Crippen LogP contribution >= 0.6 is 34.9 Å². The highest BCUT2D eigenvalue weighted by Crippen LogP contribution is 2.30. The standard InChI is InChI=1S/C14H15N3OS3/c1-7-8(2)21-10-9(7)11(18)17(13(19)16-10)14(3,4)12-15-5-6-20-12/h5-6H,1-4H3,(H,16,19). The third-order valence-corrected chi connectivity index (χ3v) is 6.23. The molecule has 0 fully saturated rings. The Morgan fingerprint density at radius 3 is 2.71 bits per heavy atom. The van der Waals surface area contributed by atoms with Gasteiger partial charge in [0.25, 0.3) is 5.56 Å². The molecule has 4 nitrogen and oxygen atoms in total. The Labute approximate surface area is 135 Å². The highest BCUT2D eigenvalue weighted by Gasteiger charge is 2.29. The van der Waals surface area contributed by atoms with Crippen molar-refractivity contribution in [2.75, 3.05) is 0 Å². The van der Waals surface area contributed by atoms with Gasteiger partial charge >= 0.3 is 0 Å². The van der Waals surface area contributed by atoms with Crippen LogP contribution in [-0.4, -0.2) is 14.5 Å². The molecule has 3 aromatic heterocycles.